The Morgan fingerprint density at radius 2 is 1.57 bits per heavy atom. The number of carbonyl (C=O) groups is 6. The normalized spacial score (nSPS) is 17.6. The number of piperazine rings is 1. The lowest BCUT2D eigenvalue weighted by atomic mass is 9.85. The minimum atomic E-state index is -1.30. The van der Waals surface area contributed by atoms with Gasteiger partial charge in [0.05, 0.1) is 56.1 Å². The van der Waals surface area contributed by atoms with Crippen molar-refractivity contribution in [2.45, 2.75) is 117 Å². The highest BCUT2D eigenvalue weighted by Crippen LogP contribution is 2.31. The molecule has 0 saturated carbocycles. The van der Waals surface area contributed by atoms with Crippen LogP contribution in [0.5, 0.6) is 0 Å². The second-order valence-corrected chi connectivity index (χ2v) is 23.4. The van der Waals surface area contributed by atoms with Crippen LogP contribution in [0, 0.1) is 5.92 Å². The molecule has 1 unspecified atom stereocenters. The molecule has 1 aromatic carbocycles. The first kappa shape index (κ1) is 63.8. The number of anilines is 1. The van der Waals surface area contributed by atoms with E-state index in [0.717, 1.165) is 23.2 Å². The van der Waals surface area contributed by atoms with E-state index in [1.54, 1.807) is 58.6 Å². The highest BCUT2D eigenvalue weighted by molar-refractivity contribution is 6.45. The molecule has 23 nitrogen and oxygen atoms in total. The number of hydrogen-bond acceptors (Lipinski definition) is 16. The number of hydrogen-bond donors (Lipinski definition) is 5. The van der Waals surface area contributed by atoms with Crippen molar-refractivity contribution in [3.8, 4) is 0 Å². The lowest BCUT2D eigenvalue weighted by Gasteiger charge is -2.42. The van der Waals surface area contributed by atoms with E-state index in [1.807, 2.05) is 50.1 Å². The fourth-order valence-electron chi connectivity index (χ4n) is 9.56. The van der Waals surface area contributed by atoms with Crippen LogP contribution in [0.2, 0.25) is 5.02 Å². The molecule has 0 bridgehead atoms. The van der Waals surface area contributed by atoms with Crippen molar-refractivity contribution in [1.82, 2.24) is 55.8 Å². The molecular formula is C57H86ClN13O10. The van der Waals surface area contributed by atoms with E-state index in [9.17, 15) is 28.8 Å². The number of amides is 6. The lowest BCUT2D eigenvalue weighted by molar-refractivity contribution is -0.134. The standard InChI is InChI=1S/C57H86ClN13O10/c1-11-39(2)40(3)64-48(41(4)63-46(72)36-68-29-33-79-34-30-68)51(74)60-21-32-78-35-31-71(54(77)81-56(8,9)10)37-47(73)69-27-25-67(26-28-69)22-17-45(42-12-14-43(58)15-13-42)65-52(75)57(66-53(76)80-55(5,6)7)18-23-70(24-19-57)50-44-16-20-59-49(44)61-38-62-50/h12-16,20,38-40,45H,4,11,17-19,21-37H2,1-3,5-10H3,(H,60,74)(H,63,72)(H,65,75)(H,66,76)(H,59,61,62)/t39?,40-,45-/m0/s1. The van der Waals surface area contributed by atoms with Crippen LogP contribution >= 0.6 is 11.6 Å². The Hall–Kier alpha value is -6.40. The summed E-state index contributed by atoms with van der Waals surface area (Å²) in [6, 6.07) is 8.57. The summed E-state index contributed by atoms with van der Waals surface area (Å²) < 4.78 is 22.6. The number of ether oxygens (including phenoxy) is 4. The fourth-order valence-corrected chi connectivity index (χ4v) is 9.69. The largest absolute Gasteiger partial charge is 0.444 e. The minimum Gasteiger partial charge on any atom is -0.444 e. The van der Waals surface area contributed by atoms with Crippen molar-refractivity contribution in [2.24, 2.45) is 10.9 Å². The molecule has 446 valence electrons. The summed E-state index contributed by atoms with van der Waals surface area (Å²) in [5, 5.41) is 13.3. The van der Waals surface area contributed by atoms with E-state index in [1.165, 1.54) is 11.2 Å². The Morgan fingerprint density at radius 3 is 2.22 bits per heavy atom. The first-order valence-corrected chi connectivity index (χ1v) is 28.6. The summed E-state index contributed by atoms with van der Waals surface area (Å²) in [5.41, 5.74) is -1.23. The van der Waals surface area contributed by atoms with Gasteiger partial charge < -0.3 is 55.0 Å². The van der Waals surface area contributed by atoms with Crippen molar-refractivity contribution in [3.05, 3.63) is 65.7 Å². The molecule has 3 aromatic rings. The Morgan fingerprint density at radius 1 is 0.889 bits per heavy atom. The molecule has 3 atom stereocenters. The van der Waals surface area contributed by atoms with E-state index < -0.39 is 40.9 Å². The number of halogens is 1. The zero-order valence-electron chi connectivity index (χ0n) is 48.9. The number of morpholine rings is 1. The van der Waals surface area contributed by atoms with E-state index in [0.29, 0.717) is 89.2 Å². The summed E-state index contributed by atoms with van der Waals surface area (Å²) >= 11 is 6.34. The number of rotatable bonds is 24. The topological polar surface area (TPSA) is 258 Å². The van der Waals surface area contributed by atoms with Gasteiger partial charge in [-0.05, 0) is 97.4 Å². The van der Waals surface area contributed by atoms with Crippen molar-refractivity contribution < 1.29 is 47.7 Å². The third kappa shape index (κ3) is 19.6. The first-order chi connectivity index (χ1) is 38.4. The van der Waals surface area contributed by atoms with Gasteiger partial charge in [0.25, 0.3) is 5.91 Å². The maximum atomic E-state index is 14.8. The smallest absolute Gasteiger partial charge is 0.410 e. The summed E-state index contributed by atoms with van der Waals surface area (Å²) in [6.45, 7) is 26.4. The van der Waals surface area contributed by atoms with Crippen molar-refractivity contribution in [2.75, 3.05) is 116 Å². The quantitative estimate of drug-likeness (QED) is 0.0580. The number of aromatic nitrogens is 3. The molecule has 3 fully saturated rings. The number of aromatic amines is 1. The number of aliphatic imine (C=N–C) groups is 1. The maximum absolute atomic E-state index is 14.8. The van der Waals surface area contributed by atoms with Gasteiger partial charge in [0.1, 0.15) is 46.8 Å². The van der Waals surface area contributed by atoms with Gasteiger partial charge in [0.15, 0.2) is 0 Å². The number of piperidine rings is 1. The maximum Gasteiger partial charge on any atom is 0.410 e. The molecule has 0 radical (unpaired) electrons. The summed E-state index contributed by atoms with van der Waals surface area (Å²) in [4.78, 5) is 108. The van der Waals surface area contributed by atoms with Gasteiger partial charge in [-0.3, -0.25) is 38.9 Å². The molecule has 6 amide bonds. The molecular weight excluding hydrogens is 1060 g/mol. The SMILES string of the molecule is C=C(NC(=O)CN1CCOCC1)C(=N[C@@H](C)C(C)CC)C(=O)NCCOCCN(CC(=O)N1CCN(CC[C@H](NC(=O)C2(NC(=O)OC(C)(C)C)CCN(c3ncnc4[nH]ccc34)CC2)c2ccc(Cl)cc2)CC1)C(=O)OC(C)(C)C. The molecule has 0 aliphatic carbocycles. The molecule has 6 rings (SSSR count). The van der Waals surface area contributed by atoms with E-state index in [-0.39, 0.29) is 93.3 Å². The molecule has 3 saturated heterocycles. The van der Waals surface area contributed by atoms with Crippen molar-refractivity contribution >= 4 is 70.0 Å². The minimum absolute atomic E-state index is 0.0330. The molecule has 3 aliphatic rings. The van der Waals surface area contributed by atoms with Gasteiger partial charge in [-0.25, -0.2) is 19.6 Å². The number of carbonyl (C=O) groups excluding carboxylic acids is 6. The molecule has 81 heavy (non-hydrogen) atoms. The number of nitrogens with zero attached hydrogens (tertiary/aromatic N) is 8. The van der Waals surface area contributed by atoms with Crippen LogP contribution in [0.3, 0.4) is 0 Å². The van der Waals surface area contributed by atoms with Gasteiger partial charge >= 0.3 is 12.2 Å². The summed E-state index contributed by atoms with van der Waals surface area (Å²) in [7, 11) is 0. The van der Waals surface area contributed by atoms with Crippen LogP contribution < -0.4 is 26.2 Å². The lowest BCUT2D eigenvalue weighted by Crippen LogP contribution is -2.64. The van der Waals surface area contributed by atoms with E-state index in [4.69, 9.17) is 30.5 Å². The van der Waals surface area contributed by atoms with Crippen LogP contribution in [-0.4, -0.2) is 210 Å². The Kier molecular flexibility index (Phi) is 23.3. The zero-order valence-corrected chi connectivity index (χ0v) is 49.6. The van der Waals surface area contributed by atoms with E-state index >= 15 is 0 Å². The summed E-state index contributed by atoms with van der Waals surface area (Å²) in [5.74, 6) is -0.481. The second-order valence-electron chi connectivity index (χ2n) is 23.0. The average molecular weight is 1150 g/mol. The predicted octanol–water partition coefficient (Wildman–Crippen LogP) is 5.07. The predicted molar refractivity (Wildman–Crippen MR) is 310 cm³/mol. The Balaban J connectivity index is 1.02. The number of nitrogens with one attached hydrogen (secondary N) is 5. The molecule has 3 aliphatic heterocycles. The van der Waals surface area contributed by atoms with Crippen molar-refractivity contribution in [1.29, 1.82) is 0 Å². The molecule has 0 spiro atoms. The summed E-state index contributed by atoms with van der Waals surface area (Å²) in [6.07, 6.45) is 3.88. The second kappa shape index (κ2) is 29.5. The highest BCUT2D eigenvalue weighted by Gasteiger charge is 2.45. The number of H-pyrrole nitrogens is 1. The third-order valence-corrected chi connectivity index (χ3v) is 14.8. The van der Waals surface area contributed by atoms with Crippen LogP contribution in [0.4, 0.5) is 15.4 Å². The van der Waals surface area contributed by atoms with Crippen LogP contribution in [0.25, 0.3) is 11.0 Å². The van der Waals surface area contributed by atoms with Crippen LogP contribution in [0.15, 0.2) is 60.1 Å². The van der Waals surface area contributed by atoms with Gasteiger partial charge in [-0.15, -0.1) is 0 Å². The number of alkyl carbamates (subject to hydrolysis) is 1. The van der Waals surface area contributed by atoms with Gasteiger partial charge in [-0.2, -0.15) is 0 Å². The van der Waals surface area contributed by atoms with Gasteiger partial charge in [0.2, 0.25) is 17.7 Å². The van der Waals surface area contributed by atoms with Crippen LogP contribution in [0.1, 0.15) is 99.6 Å². The molecule has 2 aromatic heterocycles. The van der Waals surface area contributed by atoms with Gasteiger partial charge in [-0.1, -0.05) is 50.6 Å². The monoisotopic (exact) mass is 1150 g/mol. The fraction of sp³-hybridized carbons (Fsp3) is 0.632. The zero-order chi connectivity index (χ0) is 58.9. The van der Waals surface area contributed by atoms with Crippen molar-refractivity contribution in [3.63, 3.8) is 0 Å². The molecule has 5 N–H and O–H groups in total. The number of fused-ring (bicyclic) bond motifs is 1. The van der Waals surface area contributed by atoms with Crippen LogP contribution in [-0.2, 0) is 38.1 Å². The molecule has 5 heterocycles. The molecule has 24 heteroatoms. The Labute approximate surface area is 481 Å². The van der Waals surface area contributed by atoms with Gasteiger partial charge in [0, 0.05) is 83.2 Å². The Bertz CT molecular complexity index is 2630. The average Bonchev–Trinajstić information content (AvgIpc) is 4.01. The third-order valence-electron chi connectivity index (χ3n) is 14.5. The number of benzene rings is 1. The highest BCUT2D eigenvalue weighted by atomic mass is 35.5. The first-order valence-electron chi connectivity index (χ1n) is 28.2. The van der Waals surface area contributed by atoms with E-state index in [2.05, 4.69) is 57.6 Å².